The third-order valence-electron chi connectivity index (χ3n) is 3.64. The topological polar surface area (TPSA) is 12.5 Å². The zero-order valence-corrected chi connectivity index (χ0v) is 12.3. The van der Waals surface area contributed by atoms with Gasteiger partial charge in [-0.1, -0.05) is 6.42 Å². The molecule has 2 nitrogen and oxygen atoms in total. The molecule has 0 amide bonds. The van der Waals surface area contributed by atoms with Gasteiger partial charge in [0.1, 0.15) is 0 Å². The van der Waals surface area contributed by atoms with E-state index in [1.54, 1.807) is 0 Å². The Bertz CT molecular complexity index is 487. The maximum Gasteiger partial charge on any atom is 0.416 e. The second-order valence-corrected chi connectivity index (χ2v) is 5.57. The third-order valence-corrected chi connectivity index (χ3v) is 3.64. The van der Waals surface area contributed by atoms with E-state index in [2.05, 4.69) is 0 Å². The zero-order chi connectivity index (χ0) is 17.1. The highest BCUT2D eigenvalue weighted by molar-refractivity contribution is 5.33. The van der Waals surface area contributed by atoms with Gasteiger partial charge in [-0.25, -0.2) is 0 Å². The first-order valence-electron chi connectivity index (χ1n) is 7.25. The molecule has 1 saturated heterocycles. The van der Waals surface area contributed by atoms with Crippen molar-refractivity contribution in [3.8, 4) is 0 Å². The first kappa shape index (κ1) is 18.1. The Morgan fingerprint density at radius 2 is 1.35 bits per heavy atom. The van der Waals surface area contributed by atoms with Gasteiger partial charge < -0.3 is 4.74 Å². The van der Waals surface area contributed by atoms with Crippen LogP contribution in [-0.4, -0.2) is 24.7 Å². The zero-order valence-electron chi connectivity index (χ0n) is 12.3. The van der Waals surface area contributed by atoms with Crippen molar-refractivity contribution in [1.29, 1.82) is 0 Å². The smallest absolute Gasteiger partial charge is 0.361 e. The van der Waals surface area contributed by atoms with Gasteiger partial charge in [0.05, 0.1) is 24.5 Å². The Kier molecular flexibility index (Phi) is 5.57. The van der Waals surface area contributed by atoms with Gasteiger partial charge in [-0.3, -0.25) is 4.90 Å². The van der Waals surface area contributed by atoms with Crippen LogP contribution in [0.5, 0.6) is 0 Å². The Morgan fingerprint density at radius 1 is 0.826 bits per heavy atom. The van der Waals surface area contributed by atoms with Crippen LogP contribution in [0.25, 0.3) is 0 Å². The standard InChI is InChI=1S/C15H17F6NO/c16-14(17,18)12-6-11(7-13(8-12)15(19,20)21)9-23-10-22-4-2-1-3-5-22/h6-8H,1-5,9-10H2. The number of likely N-dealkylation sites (tertiary alicyclic amines) is 1. The van der Waals surface area contributed by atoms with Gasteiger partial charge in [0.15, 0.2) is 0 Å². The lowest BCUT2D eigenvalue weighted by molar-refractivity contribution is -0.143. The summed E-state index contributed by atoms with van der Waals surface area (Å²) < 4.78 is 81.7. The number of nitrogens with zero attached hydrogens (tertiary/aromatic N) is 1. The van der Waals surface area contributed by atoms with Crippen LogP contribution in [0.4, 0.5) is 26.3 Å². The van der Waals surface area contributed by atoms with E-state index in [1.165, 1.54) is 0 Å². The fraction of sp³-hybridized carbons (Fsp3) is 0.600. The molecule has 1 fully saturated rings. The molecule has 0 atom stereocenters. The van der Waals surface area contributed by atoms with Gasteiger partial charge in [-0.05, 0) is 36.6 Å². The van der Waals surface area contributed by atoms with Crippen LogP contribution < -0.4 is 0 Å². The molecule has 0 spiro atoms. The highest BCUT2D eigenvalue weighted by Gasteiger charge is 2.36. The average molecular weight is 341 g/mol. The molecule has 23 heavy (non-hydrogen) atoms. The van der Waals surface area contributed by atoms with Gasteiger partial charge in [0.25, 0.3) is 0 Å². The highest BCUT2D eigenvalue weighted by atomic mass is 19.4. The normalized spacial score (nSPS) is 17.5. The van der Waals surface area contributed by atoms with Crippen molar-refractivity contribution in [2.24, 2.45) is 0 Å². The molecule has 0 radical (unpaired) electrons. The van der Waals surface area contributed by atoms with Gasteiger partial charge in [-0.15, -0.1) is 0 Å². The lowest BCUT2D eigenvalue weighted by Gasteiger charge is -2.26. The van der Waals surface area contributed by atoms with Gasteiger partial charge >= 0.3 is 12.4 Å². The maximum absolute atomic E-state index is 12.7. The summed E-state index contributed by atoms with van der Waals surface area (Å²) in [4.78, 5) is 1.99. The Morgan fingerprint density at radius 3 is 1.83 bits per heavy atom. The Labute approximate surface area is 130 Å². The first-order valence-corrected chi connectivity index (χ1v) is 7.25. The van der Waals surface area contributed by atoms with Crippen molar-refractivity contribution in [1.82, 2.24) is 4.90 Å². The minimum Gasteiger partial charge on any atom is -0.361 e. The summed E-state index contributed by atoms with van der Waals surface area (Å²) in [7, 11) is 0. The molecule has 130 valence electrons. The number of piperidine rings is 1. The summed E-state index contributed by atoms with van der Waals surface area (Å²) in [6.45, 7) is 1.58. The molecule has 2 rings (SSSR count). The molecule has 0 saturated carbocycles. The maximum atomic E-state index is 12.7. The number of rotatable bonds is 4. The molecule has 0 N–H and O–H groups in total. The molecule has 0 aromatic heterocycles. The van der Waals surface area contributed by atoms with E-state index in [1.807, 2.05) is 4.90 Å². The molecule has 0 unspecified atom stereocenters. The van der Waals surface area contributed by atoms with Gasteiger partial charge in [0, 0.05) is 13.1 Å². The average Bonchev–Trinajstić information content (AvgIpc) is 2.46. The number of halogens is 6. The lowest BCUT2D eigenvalue weighted by Crippen LogP contribution is -2.31. The first-order chi connectivity index (χ1) is 10.7. The summed E-state index contributed by atoms with van der Waals surface area (Å²) in [6.07, 6.45) is -6.50. The van der Waals surface area contributed by atoms with E-state index in [0.717, 1.165) is 32.4 Å². The third kappa shape index (κ3) is 5.39. The number of ether oxygens (including phenoxy) is 1. The van der Waals surface area contributed by atoms with Crippen LogP contribution in [0.3, 0.4) is 0 Å². The fourth-order valence-corrected chi connectivity index (χ4v) is 2.48. The van der Waals surface area contributed by atoms with Gasteiger partial charge in [-0.2, -0.15) is 26.3 Å². The van der Waals surface area contributed by atoms with Crippen molar-refractivity contribution in [2.75, 3.05) is 19.8 Å². The Hall–Kier alpha value is -1.28. The van der Waals surface area contributed by atoms with E-state index in [-0.39, 0.29) is 25.0 Å². The molecule has 1 aliphatic rings. The molecule has 1 heterocycles. The summed E-state index contributed by atoms with van der Waals surface area (Å²) in [5.41, 5.74) is -2.77. The van der Waals surface area contributed by atoms with Crippen molar-refractivity contribution >= 4 is 0 Å². The number of hydrogen-bond acceptors (Lipinski definition) is 2. The second-order valence-electron chi connectivity index (χ2n) is 5.57. The lowest BCUT2D eigenvalue weighted by atomic mass is 10.1. The summed E-state index contributed by atoms with van der Waals surface area (Å²) in [5, 5.41) is 0. The van der Waals surface area contributed by atoms with E-state index in [4.69, 9.17) is 4.74 Å². The van der Waals surface area contributed by atoms with Crippen molar-refractivity contribution in [2.45, 2.75) is 38.2 Å². The number of benzene rings is 1. The predicted octanol–water partition coefficient (Wildman–Crippen LogP) is 4.68. The van der Waals surface area contributed by atoms with E-state index in [9.17, 15) is 26.3 Å². The van der Waals surface area contributed by atoms with Crippen molar-refractivity contribution in [3.05, 3.63) is 34.9 Å². The van der Waals surface area contributed by atoms with E-state index in [0.29, 0.717) is 12.1 Å². The quantitative estimate of drug-likeness (QED) is 0.737. The monoisotopic (exact) mass is 341 g/mol. The van der Waals surface area contributed by atoms with Crippen LogP contribution in [0.2, 0.25) is 0 Å². The van der Waals surface area contributed by atoms with Crippen LogP contribution in [0.1, 0.15) is 36.0 Å². The van der Waals surface area contributed by atoms with Gasteiger partial charge in [0.2, 0.25) is 0 Å². The summed E-state index contributed by atoms with van der Waals surface area (Å²) in [5.74, 6) is 0. The summed E-state index contributed by atoms with van der Waals surface area (Å²) >= 11 is 0. The molecular weight excluding hydrogens is 324 g/mol. The molecule has 8 heteroatoms. The SMILES string of the molecule is FC(F)(F)c1cc(COCN2CCCCC2)cc(C(F)(F)F)c1. The molecule has 1 aromatic carbocycles. The minimum absolute atomic E-state index is 0.119. The minimum atomic E-state index is -4.83. The number of alkyl halides is 6. The van der Waals surface area contributed by atoms with E-state index >= 15 is 0 Å². The number of hydrogen-bond donors (Lipinski definition) is 0. The van der Waals surface area contributed by atoms with Crippen LogP contribution >= 0.6 is 0 Å². The molecule has 1 aliphatic heterocycles. The molecular formula is C15H17F6NO. The second kappa shape index (κ2) is 7.09. The summed E-state index contributed by atoms with van der Waals surface area (Å²) in [6, 6.07) is 1.52. The van der Waals surface area contributed by atoms with Crippen molar-refractivity contribution < 1.29 is 31.1 Å². The predicted molar refractivity (Wildman–Crippen MR) is 71.5 cm³/mol. The van der Waals surface area contributed by atoms with Crippen LogP contribution in [0.15, 0.2) is 18.2 Å². The highest BCUT2D eigenvalue weighted by Crippen LogP contribution is 2.36. The largest absolute Gasteiger partial charge is 0.416 e. The molecule has 1 aromatic rings. The molecule has 0 bridgehead atoms. The Balaban J connectivity index is 2.07. The molecule has 0 aliphatic carbocycles. The van der Waals surface area contributed by atoms with Crippen LogP contribution in [-0.2, 0) is 23.7 Å². The van der Waals surface area contributed by atoms with E-state index < -0.39 is 23.5 Å². The van der Waals surface area contributed by atoms with Crippen molar-refractivity contribution in [3.63, 3.8) is 0 Å². The fourth-order valence-electron chi connectivity index (χ4n) is 2.48. The van der Waals surface area contributed by atoms with Crippen LogP contribution in [0, 0.1) is 0 Å².